The van der Waals surface area contributed by atoms with Crippen molar-refractivity contribution >= 4 is 46.6 Å². The molecule has 7 nitrogen and oxygen atoms in total. The van der Waals surface area contributed by atoms with Gasteiger partial charge in [0.25, 0.3) is 0 Å². The fourth-order valence-corrected chi connectivity index (χ4v) is 4.73. The molecule has 3 atom stereocenters. The monoisotopic (exact) mass is 535 g/mol. The van der Waals surface area contributed by atoms with Gasteiger partial charge < -0.3 is 15.5 Å². The van der Waals surface area contributed by atoms with Gasteiger partial charge in [-0.05, 0) is 31.4 Å². The highest BCUT2D eigenvalue weighted by Gasteiger charge is 2.26. The van der Waals surface area contributed by atoms with E-state index in [0.29, 0.717) is 18.3 Å². The lowest BCUT2D eigenvalue weighted by Gasteiger charge is -2.30. The van der Waals surface area contributed by atoms with E-state index in [1.54, 1.807) is 25.2 Å². The van der Waals surface area contributed by atoms with Crippen LogP contribution in [-0.4, -0.2) is 70.2 Å². The number of likely N-dealkylation sites (N-methyl/N-ethyl adjacent to an activating group) is 1. The number of rotatable bonds is 8. The van der Waals surface area contributed by atoms with Crippen LogP contribution >= 0.6 is 24.0 Å². The van der Waals surface area contributed by atoms with Crippen molar-refractivity contribution in [2.45, 2.75) is 50.3 Å². The first-order valence-corrected chi connectivity index (χ1v) is 11.4. The van der Waals surface area contributed by atoms with Gasteiger partial charge in [0.15, 0.2) is 5.96 Å². The predicted octanol–water partition coefficient (Wildman–Crippen LogP) is 1.95. The first-order valence-electron chi connectivity index (χ1n) is 10.0. The van der Waals surface area contributed by atoms with Crippen LogP contribution in [0, 0.1) is 0 Å². The van der Waals surface area contributed by atoms with Crippen molar-refractivity contribution in [3.05, 3.63) is 30.1 Å². The maximum Gasteiger partial charge on any atom is 0.241 e. The normalized spacial score (nSPS) is 20.3. The van der Waals surface area contributed by atoms with Gasteiger partial charge in [-0.3, -0.25) is 19.0 Å². The predicted molar refractivity (Wildman–Crippen MR) is 130 cm³/mol. The fraction of sp³-hybridized carbons (Fsp3) is 0.650. The Morgan fingerprint density at radius 3 is 2.83 bits per heavy atom. The van der Waals surface area contributed by atoms with Crippen LogP contribution in [0.1, 0.15) is 38.3 Å². The molecular formula is C20H34IN5O2S. The zero-order valence-corrected chi connectivity index (χ0v) is 20.7. The molecule has 0 aliphatic heterocycles. The van der Waals surface area contributed by atoms with Crippen LogP contribution in [0.25, 0.3) is 0 Å². The second kappa shape index (κ2) is 13.9. The van der Waals surface area contributed by atoms with Crippen LogP contribution in [-0.2, 0) is 22.0 Å². The number of aromatic nitrogens is 1. The molecule has 0 aromatic carbocycles. The minimum absolute atomic E-state index is 0. The summed E-state index contributed by atoms with van der Waals surface area (Å²) in [7, 11) is 2.75. The summed E-state index contributed by atoms with van der Waals surface area (Å²) in [4.78, 5) is 22.6. The Labute approximate surface area is 194 Å². The summed E-state index contributed by atoms with van der Waals surface area (Å²) in [5.41, 5.74) is 0.976. The summed E-state index contributed by atoms with van der Waals surface area (Å²) in [6.45, 7) is 2.79. The minimum Gasteiger partial charge on any atom is -0.354 e. The topological polar surface area (TPSA) is 86.7 Å². The minimum atomic E-state index is -0.753. The Balaban J connectivity index is 0.00000420. The molecule has 3 unspecified atom stereocenters. The fourth-order valence-electron chi connectivity index (χ4n) is 3.39. The standard InChI is InChI=1S/C20H33N5O2S.HI/c1-4-28(27)18-10-7-9-17(14-18)24-20(21-2)23-15-19(26)25(3)13-11-16-8-5-6-12-22-16;/h5-6,8,12,17-18H,4,7,9-11,13-15H2,1-3H3,(H2,21,23,24);1H. The Bertz CT molecular complexity index is 674. The molecule has 1 fully saturated rings. The molecule has 1 aromatic rings. The number of nitrogens with one attached hydrogen (secondary N) is 2. The van der Waals surface area contributed by atoms with Crippen LogP contribution in [0.3, 0.4) is 0 Å². The van der Waals surface area contributed by atoms with Crippen molar-refractivity contribution in [1.29, 1.82) is 0 Å². The third kappa shape index (κ3) is 8.98. The van der Waals surface area contributed by atoms with Crippen molar-refractivity contribution in [2.24, 2.45) is 4.99 Å². The first kappa shape index (κ1) is 25.8. The number of carbonyl (C=O) groups is 1. The van der Waals surface area contributed by atoms with Crippen molar-refractivity contribution in [2.75, 3.05) is 32.9 Å². The average molecular weight is 535 g/mol. The third-order valence-electron chi connectivity index (χ3n) is 5.11. The molecule has 1 aromatic heterocycles. The van der Waals surface area contributed by atoms with Gasteiger partial charge in [-0.15, -0.1) is 24.0 Å². The van der Waals surface area contributed by atoms with E-state index in [4.69, 9.17) is 0 Å². The van der Waals surface area contributed by atoms with Crippen molar-refractivity contribution in [3.63, 3.8) is 0 Å². The van der Waals surface area contributed by atoms with Crippen LogP contribution in [0.15, 0.2) is 29.4 Å². The molecule has 29 heavy (non-hydrogen) atoms. The van der Waals surface area contributed by atoms with Gasteiger partial charge >= 0.3 is 0 Å². The number of halogens is 1. The molecule has 1 aliphatic carbocycles. The number of aliphatic imine (C=N–C) groups is 1. The smallest absolute Gasteiger partial charge is 0.241 e. The van der Waals surface area contributed by atoms with Gasteiger partial charge in [0, 0.05) is 66.8 Å². The molecule has 0 saturated heterocycles. The number of amides is 1. The van der Waals surface area contributed by atoms with E-state index >= 15 is 0 Å². The molecule has 0 spiro atoms. The van der Waals surface area contributed by atoms with Crippen LogP contribution in [0.5, 0.6) is 0 Å². The molecule has 0 bridgehead atoms. The van der Waals surface area contributed by atoms with E-state index in [1.807, 2.05) is 25.1 Å². The lowest BCUT2D eigenvalue weighted by molar-refractivity contribution is -0.128. The maximum absolute atomic E-state index is 12.4. The first-order chi connectivity index (χ1) is 13.5. The number of nitrogens with zero attached hydrogens (tertiary/aromatic N) is 3. The molecule has 9 heteroatoms. The van der Waals surface area contributed by atoms with E-state index in [2.05, 4.69) is 20.6 Å². The number of hydrogen-bond donors (Lipinski definition) is 2. The van der Waals surface area contributed by atoms with Gasteiger partial charge in [-0.25, -0.2) is 0 Å². The van der Waals surface area contributed by atoms with Gasteiger partial charge in [0.2, 0.25) is 5.91 Å². The SMILES string of the molecule is CCS(=O)C1CCCC(NC(=NC)NCC(=O)N(C)CCc2ccccn2)C1.I. The van der Waals surface area contributed by atoms with E-state index in [0.717, 1.165) is 37.8 Å². The zero-order valence-electron chi connectivity index (χ0n) is 17.6. The van der Waals surface area contributed by atoms with Crippen molar-refractivity contribution in [3.8, 4) is 0 Å². The Morgan fingerprint density at radius 2 is 2.17 bits per heavy atom. The molecule has 1 aliphatic rings. The lowest BCUT2D eigenvalue weighted by atomic mass is 9.95. The molecule has 2 rings (SSSR count). The van der Waals surface area contributed by atoms with E-state index in [-0.39, 0.29) is 47.7 Å². The summed E-state index contributed by atoms with van der Waals surface area (Å²) < 4.78 is 12.1. The van der Waals surface area contributed by atoms with Gasteiger partial charge in [0.05, 0.1) is 6.54 Å². The highest BCUT2D eigenvalue weighted by Crippen LogP contribution is 2.22. The Morgan fingerprint density at radius 1 is 1.38 bits per heavy atom. The molecule has 1 amide bonds. The van der Waals surface area contributed by atoms with E-state index in [1.165, 1.54) is 0 Å². The highest BCUT2D eigenvalue weighted by atomic mass is 127. The zero-order chi connectivity index (χ0) is 20.4. The molecular weight excluding hydrogens is 501 g/mol. The summed E-state index contributed by atoms with van der Waals surface area (Å²) in [6, 6.07) is 6.05. The largest absolute Gasteiger partial charge is 0.354 e. The number of hydrogen-bond acceptors (Lipinski definition) is 4. The van der Waals surface area contributed by atoms with Crippen LogP contribution in [0.4, 0.5) is 0 Å². The van der Waals surface area contributed by atoms with E-state index < -0.39 is 10.8 Å². The highest BCUT2D eigenvalue weighted by molar-refractivity contribution is 14.0. The molecule has 2 N–H and O–H groups in total. The Hall–Kier alpha value is -1.23. The number of guanidine groups is 1. The molecule has 1 saturated carbocycles. The second-order valence-corrected chi connectivity index (χ2v) is 9.12. The third-order valence-corrected chi connectivity index (χ3v) is 6.85. The van der Waals surface area contributed by atoms with Crippen LogP contribution in [0.2, 0.25) is 0 Å². The van der Waals surface area contributed by atoms with Crippen molar-refractivity contribution < 1.29 is 9.00 Å². The Kier molecular flexibility index (Phi) is 12.4. The number of pyridine rings is 1. The molecule has 1 heterocycles. The average Bonchev–Trinajstić information content (AvgIpc) is 2.74. The van der Waals surface area contributed by atoms with Gasteiger partial charge in [-0.2, -0.15) is 0 Å². The summed E-state index contributed by atoms with van der Waals surface area (Å²) >= 11 is 0. The van der Waals surface area contributed by atoms with Gasteiger partial charge in [0.1, 0.15) is 0 Å². The van der Waals surface area contributed by atoms with Crippen LogP contribution < -0.4 is 10.6 Å². The summed E-state index contributed by atoms with van der Waals surface area (Å²) in [5.74, 6) is 1.34. The second-order valence-electron chi connectivity index (χ2n) is 7.11. The summed E-state index contributed by atoms with van der Waals surface area (Å²) in [6.07, 6.45) is 6.52. The van der Waals surface area contributed by atoms with Gasteiger partial charge in [-0.1, -0.05) is 19.4 Å². The molecule has 0 radical (unpaired) electrons. The maximum atomic E-state index is 12.4. The van der Waals surface area contributed by atoms with Crippen molar-refractivity contribution in [1.82, 2.24) is 20.5 Å². The molecule has 164 valence electrons. The van der Waals surface area contributed by atoms with E-state index in [9.17, 15) is 9.00 Å². The number of carbonyl (C=O) groups excluding carboxylic acids is 1. The summed E-state index contributed by atoms with van der Waals surface area (Å²) in [5, 5.41) is 6.76. The lowest BCUT2D eigenvalue weighted by Crippen LogP contribution is -2.49. The quantitative estimate of drug-likeness (QED) is 0.302.